The van der Waals surface area contributed by atoms with Crippen molar-refractivity contribution >= 4 is 33.3 Å². The largest absolute Gasteiger partial charge is 0.425 e. The lowest BCUT2D eigenvalue weighted by molar-refractivity contribution is -0.105. The minimum atomic E-state index is -5.02. The number of hydrogen-bond acceptors (Lipinski definition) is 8. The molecule has 0 fully saturated rings. The van der Waals surface area contributed by atoms with Gasteiger partial charge in [0.1, 0.15) is 0 Å². The molecule has 0 atom stereocenters. The predicted molar refractivity (Wildman–Crippen MR) is 33.4 cm³/mol. The van der Waals surface area contributed by atoms with Crippen molar-refractivity contribution in [2.75, 3.05) is 0 Å². The molecule has 0 aliphatic heterocycles. The van der Waals surface area contributed by atoms with Crippen molar-refractivity contribution in [1.29, 1.82) is 0 Å². The summed E-state index contributed by atoms with van der Waals surface area (Å²) in [6.45, 7) is 0. The molecule has 0 aromatic rings. The smallest absolute Gasteiger partial charge is 0.262 e. The molecule has 0 saturated carbocycles. The fraction of sp³-hybridized carbons (Fsp3) is 0. The van der Waals surface area contributed by atoms with E-state index in [4.69, 9.17) is 13.3 Å². The highest BCUT2D eigenvalue weighted by atomic mass is 32.3. The van der Waals surface area contributed by atoms with E-state index < -0.39 is 20.8 Å². The van der Waals surface area contributed by atoms with Gasteiger partial charge in [-0.15, -0.1) is 0 Å². The molecule has 0 aliphatic carbocycles. The van der Waals surface area contributed by atoms with Crippen LogP contribution in [0.2, 0.25) is 0 Å². The van der Waals surface area contributed by atoms with Gasteiger partial charge in [0.15, 0.2) is 12.5 Å². The summed E-state index contributed by atoms with van der Waals surface area (Å²) >= 11 is 2.83. The van der Waals surface area contributed by atoms with Crippen molar-refractivity contribution in [3.63, 3.8) is 0 Å². The zero-order chi connectivity index (χ0) is 10.4. The van der Waals surface area contributed by atoms with Gasteiger partial charge in [-0.25, -0.2) is 0 Å². The minimum absolute atomic E-state index is 2.78. The van der Waals surface area contributed by atoms with Crippen LogP contribution in [0.25, 0.3) is 0 Å². The Bertz CT molecular complexity index is 259. The van der Waals surface area contributed by atoms with Crippen molar-refractivity contribution in [3.05, 3.63) is 0 Å². The highest BCUT2D eigenvalue weighted by Gasteiger charge is 2.13. The van der Waals surface area contributed by atoms with E-state index in [0.29, 0.717) is 0 Å². The molecular formula is H2O9S3. The maximum absolute atomic E-state index is 9.51. The minimum Gasteiger partial charge on any atom is -0.262 e. The molecule has 12 heteroatoms. The third-order valence-corrected chi connectivity index (χ3v) is 0.766. The predicted octanol–water partition coefficient (Wildman–Crippen LogP) is -1.80. The van der Waals surface area contributed by atoms with E-state index >= 15 is 0 Å². The lowest BCUT2D eigenvalue weighted by Crippen LogP contribution is -2.10. The molecule has 0 radical (unpaired) electrons. The summed E-state index contributed by atoms with van der Waals surface area (Å²) in [5, 5.41) is 0. The monoisotopic (exact) mass is 242 g/mol. The molecule has 0 aromatic carbocycles. The van der Waals surface area contributed by atoms with Crippen LogP contribution in [0.1, 0.15) is 0 Å². The van der Waals surface area contributed by atoms with Gasteiger partial charge < -0.3 is 0 Å². The Morgan fingerprint density at radius 3 is 1.08 bits per heavy atom. The Kier molecular flexibility index (Phi) is 6.45. The first kappa shape index (κ1) is 14.3. The first-order chi connectivity index (χ1) is 5.21. The molecule has 0 aliphatic rings. The van der Waals surface area contributed by atoms with Crippen molar-refractivity contribution in [3.8, 4) is 0 Å². The molecule has 0 amide bonds. The Labute approximate surface area is 72.6 Å². The van der Waals surface area contributed by atoms with Crippen LogP contribution >= 0.6 is 0 Å². The molecule has 9 nitrogen and oxygen atoms in total. The molecular weight excluding hydrogens is 240 g/mol. The van der Waals surface area contributed by atoms with E-state index in [0.717, 1.165) is 0 Å². The summed E-state index contributed by atoms with van der Waals surface area (Å²) in [7, 11) is -10.0. The molecule has 2 N–H and O–H groups in total. The van der Waals surface area contributed by atoms with Crippen LogP contribution in [0.5, 0.6) is 0 Å². The Morgan fingerprint density at radius 2 is 1.00 bits per heavy atom. The van der Waals surface area contributed by atoms with E-state index in [9.17, 15) is 16.8 Å². The first-order valence-corrected chi connectivity index (χ1v) is 4.76. The van der Waals surface area contributed by atoms with Crippen LogP contribution in [-0.4, -0.2) is 30.1 Å². The van der Waals surface area contributed by atoms with E-state index in [1.807, 2.05) is 0 Å². The summed E-state index contributed by atoms with van der Waals surface area (Å²) in [6.07, 6.45) is 0. The standard InChI is InChI=1S/H2O8S2.OS/c1-9(2,3)7-8-10(4,5)6;1-2/h(H,1,2,3)(H,4,5,6);. The summed E-state index contributed by atoms with van der Waals surface area (Å²) < 4.78 is 66.7. The first-order valence-electron chi connectivity index (χ1n) is 1.70. The van der Waals surface area contributed by atoms with Gasteiger partial charge in [0, 0.05) is 0 Å². The third-order valence-electron chi connectivity index (χ3n) is 0.200. The Morgan fingerprint density at radius 1 is 0.833 bits per heavy atom. The highest BCUT2D eigenvalue weighted by molar-refractivity contribution is 7.83. The Balaban J connectivity index is 0. The normalized spacial score (nSPS) is 11.5. The number of hydrogen-bond donors (Lipinski definition) is 2. The molecule has 0 saturated heterocycles. The van der Waals surface area contributed by atoms with E-state index in [-0.39, 0.29) is 0 Å². The second-order valence-corrected chi connectivity index (χ2v) is 2.97. The third kappa shape index (κ3) is 16.4. The lowest BCUT2D eigenvalue weighted by atomic mass is 14.9. The van der Waals surface area contributed by atoms with Crippen LogP contribution in [-0.2, 0) is 42.0 Å². The lowest BCUT2D eigenvalue weighted by Gasteiger charge is -1.92. The fourth-order valence-corrected chi connectivity index (χ4v) is 0.632. The van der Waals surface area contributed by atoms with Gasteiger partial charge in [-0.05, 0) is 0 Å². The number of rotatable bonds is 3. The van der Waals surface area contributed by atoms with Gasteiger partial charge in [-0.2, -0.15) is 21.0 Å². The van der Waals surface area contributed by atoms with Crippen molar-refractivity contribution in [2.24, 2.45) is 0 Å². The van der Waals surface area contributed by atoms with Gasteiger partial charge in [-0.1, -0.05) is 8.67 Å². The molecule has 0 heterocycles. The van der Waals surface area contributed by atoms with Gasteiger partial charge in [-0.3, -0.25) is 9.11 Å². The average molecular weight is 242 g/mol. The summed E-state index contributed by atoms with van der Waals surface area (Å²) in [5.41, 5.74) is 0. The van der Waals surface area contributed by atoms with E-state index in [1.165, 1.54) is 0 Å². The molecule has 0 rings (SSSR count). The maximum atomic E-state index is 9.51. The van der Waals surface area contributed by atoms with Crippen LogP contribution in [0.4, 0.5) is 0 Å². The zero-order valence-electron chi connectivity index (χ0n) is 4.98. The zero-order valence-corrected chi connectivity index (χ0v) is 7.43. The summed E-state index contributed by atoms with van der Waals surface area (Å²) in [4.78, 5) is 0. The SMILES string of the molecule is O=S.O=S(=O)(O)OOS(=O)(=O)O. The van der Waals surface area contributed by atoms with Crippen molar-refractivity contribution in [2.45, 2.75) is 0 Å². The maximum Gasteiger partial charge on any atom is 0.425 e. The van der Waals surface area contributed by atoms with Crippen LogP contribution in [0.3, 0.4) is 0 Å². The molecule has 0 unspecified atom stereocenters. The average Bonchev–Trinajstić information content (AvgIpc) is 1.86. The van der Waals surface area contributed by atoms with Crippen molar-refractivity contribution in [1.82, 2.24) is 0 Å². The molecule has 0 bridgehead atoms. The summed E-state index contributed by atoms with van der Waals surface area (Å²) in [6, 6.07) is 0. The molecule has 0 spiro atoms. The topological polar surface area (TPSA) is 144 Å². The van der Waals surface area contributed by atoms with Gasteiger partial charge in [0.2, 0.25) is 0 Å². The van der Waals surface area contributed by atoms with Gasteiger partial charge in [0.05, 0.1) is 0 Å². The van der Waals surface area contributed by atoms with Gasteiger partial charge in [0.25, 0.3) is 0 Å². The Hall–Kier alpha value is -0.240. The van der Waals surface area contributed by atoms with Crippen molar-refractivity contribution < 1.29 is 38.8 Å². The van der Waals surface area contributed by atoms with Crippen LogP contribution < -0.4 is 0 Å². The molecule has 12 heavy (non-hydrogen) atoms. The van der Waals surface area contributed by atoms with E-state index in [1.54, 1.807) is 0 Å². The second-order valence-electron chi connectivity index (χ2n) is 0.992. The second kappa shape index (κ2) is 5.41. The highest BCUT2D eigenvalue weighted by Crippen LogP contribution is 1.92. The summed E-state index contributed by atoms with van der Waals surface area (Å²) in [5.74, 6) is 0. The van der Waals surface area contributed by atoms with E-state index in [2.05, 4.69) is 21.2 Å². The quantitative estimate of drug-likeness (QED) is 0.330. The molecule has 74 valence electrons. The molecule has 0 aromatic heterocycles. The van der Waals surface area contributed by atoms with Gasteiger partial charge >= 0.3 is 20.8 Å². The van der Waals surface area contributed by atoms with Crippen LogP contribution in [0, 0.1) is 0 Å². The fourth-order valence-electron chi connectivity index (χ4n) is 0.0702. The van der Waals surface area contributed by atoms with Crippen LogP contribution in [0.15, 0.2) is 0 Å².